The van der Waals surface area contributed by atoms with E-state index in [9.17, 15) is 8.78 Å². The van der Waals surface area contributed by atoms with Gasteiger partial charge in [0.05, 0.1) is 11.7 Å². The molecule has 7 nitrogen and oxygen atoms in total. The van der Waals surface area contributed by atoms with Crippen molar-refractivity contribution in [2.75, 3.05) is 53.9 Å². The fraction of sp³-hybridized carbons (Fsp3) is 0.500. The van der Waals surface area contributed by atoms with Gasteiger partial charge in [-0.05, 0) is 26.2 Å². The van der Waals surface area contributed by atoms with E-state index in [4.69, 9.17) is 4.52 Å². The molecule has 1 aromatic heterocycles. The fourth-order valence-corrected chi connectivity index (χ4v) is 3.56. The van der Waals surface area contributed by atoms with Gasteiger partial charge in [0.15, 0.2) is 5.96 Å². The molecular formula is C20H28F2N6O. The highest BCUT2D eigenvalue weighted by Gasteiger charge is 2.25. The smallest absolute Gasteiger partial charge is 0.193 e. The fourth-order valence-electron chi connectivity index (χ4n) is 3.56. The lowest BCUT2D eigenvalue weighted by Gasteiger charge is -2.37. The van der Waals surface area contributed by atoms with Crippen LogP contribution in [0.15, 0.2) is 40.0 Å². The first-order valence-corrected chi connectivity index (χ1v) is 9.67. The number of aliphatic imine (C=N–C) groups is 1. The van der Waals surface area contributed by atoms with Crippen molar-refractivity contribution in [1.29, 1.82) is 0 Å². The number of likely N-dealkylation sites (N-methyl/N-ethyl adjacent to an activating group) is 1. The maximum atomic E-state index is 14.3. The highest BCUT2D eigenvalue weighted by Crippen LogP contribution is 2.24. The number of nitrogens with one attached hydrogen (secondary N) is 1. The van der Waals surface area contributed by atoms with Gasteiger partial charge >= 0.3 is 0 Å². The Morgan fingerprint density at radius 1 is 1.21 bits per heavy atom. The van der Waals surface area contributed by atoms with E-state index < -0.39 is 17.7 Å². The molecule has 9 heteroatoms. The van der Waals surface area contributed by atoms with Crippen molar-refractivity contribution in [2.45, 2.75) is 12.6 Å². The van der Waals surface area contributed by atoms with Gasteiger partial charge in [-0.15, -0.1) is 0 Å². The molecule has 3 rings (SSSR count). The number of hydrogen-bond acceptors (Lipinski definition) is 5. The number of nitrogens with zero attached hydrogens (tertiary/aromatic N) is 5. The van der Waals surface area contributed by atoms with Crippen LogP contribution in [-0.4, -0.2) is 79.7 Å². The van der Waals surface area contributed by atoms with Crippen LogP contribution < -0.4 is 5.32 Å². The van der Waals surface area contributed by atoms with Gasteiger partial charge in [-0.3, -0.25) is 9.89 Å². The van der Waals surface area contributed by atoms with Crippen LogP contribution >= 0.6 is 0 Å². The number of rotatable bonds is 6. The molecule has 158 valence electrons. The van der Waals surface area contributed by atoms with Crippen LogP contribution in [0.5, 0.6) is 0 Å². The Kier molecular flexibility index (Phi) is 7.16. The van der Waals surface area contributed by atoms with Gasteiger partial charge in [0, 0.05) is 57.9 Å². The Labute approximate surface area is 170 Å². The summed E-state index contributed by atoms with van der Waals surface area (Å²) < 4.78 is 33.4. The lowest BCUT2D eigenvalue weighted by molar-refractivity contribution is 0.168. The van der Waals surface area contributed by atoms with E-state index in [2.05, 4.69) is 25.3 Å². The number of piperazine rings is 1. The van der Waals surface area contributed by atoms with Crippen LogP contribution in [-0.2, 0) is 6.54 Å². The van der Waals surface area contributed by atoms with E-state index in [1.54, 1.807) is 18.2 Å². The van der Waals surface area contributed by atoms with Gasteiger partial charge in [-0.25, -0.2) is 8.78 Å². The maximum Gasteiger partial charge on any atom is 0.193 e. The molecule has 0 spiro atoms. The summed E-state index contributed by atoms with van der Waals surface area (Å²) in [6, 6.07) is 5.37. The van der Waals surface area contributed by atoms with Crippen LogP contribution in [0.4, 0.5) is 8.78 Å². The summed E-state index contributed by atoms with van der Waals surface area (Å²) in [6.07, 6.45) is 1.58. The van der Waals surface area contributed by atoms with E-state index in [1.807, 2.05) is 20.2 Å². The summed E-state index contributed by atoms with van der Waals surface area (Å²) in [5.41, 5.74) is 0.986. The molecule has 0 radical (unpaired) electrons. The Hall–Kier alpha value is -2.52. The van der Waals surface area contributed by atoms with Crippen LogP contribution in [0.25, 0.3) is 0 Å². The van der Waals surface area contributed by atoms with Crippen molar-refractivity contribution in [3.8, 4) is 0 Å². The molecular weight excluding hydrogens is 378 g/mol. The molecule has 1 aromatic carbocycles. The predicted molar refractivity (Wildman–Crippen MR) is 108 cm³/mol. The second-order valence-corrected chi connectivity index (χ2v) is 7.30. The molecule has 2 heterocycles. The third kappa shape index (κ3) is 5.30. The molecule has 0 bridgehead atoms. The number of hydrogen-bond donors (Lipinski definition) is 1. The van der Waals surface area contributed by atoms with Crippen LogP contribution in [0.1, 0.15) is 17.3 Å². The van der Waals surface area contributed by atoms with Gasteiger partial charge < -0.3 is 19.6 Å². The topological polar surface area (TPSA) is 60.1 Å². The minimum Gasteiger partial charge on any atom is -0.364 e. The first-order valence-electron chi connectivity index (χ1n) is 9.67. The van der Waals surface area contributed by atoms with Gasteiger partial charge in [0.1, 0.15) is 17.9 Å². The Morgan fingerprint density at radius 3 is 2.45 bits per heavy atom. The Balaban J connectivity index is 1.58. The van der Waals surface area contributed by atoms with Crippen molar-refractivity contribution in [3.05, 3.63) is 53.4 Å². The van der Waals surface area contributed by atoms with Crippen molar-refractivity contribution in [2.24, 2.45) is 4.99 Å². The zero-order valence-corrected chi connectivity index (χ0v) is 17.1. The van der Waals surface area contributed by atoms with E-state index >= 15 is 0 Å². The Morgan fingerprint density at radius 2 is 1.90 bits per heavy atom. The summed E-state index contributed by atoms with van der Waals surface area (Å²) in [7, 11) is 5.34. The van der Waals surface area contributed by atoms with E-state index in [0.717, 1.165) is 44.4 Å². The average molecular weight is 406 g/mol. The summed E-state index contributed by atoms with van der Waals surface area (Å²) in [6.45, 7) is 4.44. The summed E-state index contributed by atoms with van der Waals surface area (Å²) in [4.78, 5) is 10.6. The minimum absolute atomic E-state index is 0.0675. The first kappa shape index (κ1) is 21.2. The normalized spacial score (nSPS) is 17.0. The lowest BCUT2D eigenvalue weighted by Crippen LogP contribution is -2.53. The number of aromatic nitrogens is 1. The largest absolute Gasteiger partial charge is 0.364 e. The first-order chi connectivity index (χ1) is 14.0. The highest BCUT2D eigenvalue weighted by molar-refractivity contribution is 5.80. The molecule has 2 aromatic rings. The standard InChI is InChI=1S/C20H28F2N6O/c1-23-20(28-10-8-27(9-11-28)14-15-7-12-29-25-15)24-13-18(26(2)3)19-16(21)5-4-6-17(19)22/h4-7,12,18H,8-11,13-14H2,1-3H3,(H,23,24). The summed E-state index contributed by atoms with van der Waals surface area (Å²) in [5.74, 6) is -0.349. The molecule has 29 heavy (non-hydrogen) atoms. The summed E-state index contributed by atoms with van der Waals surface area (Å²) >= 11 is 0. The van der Waals surface area contributed by atoms with Crippen LogP contribution in [0, 0.1) is 11.6 Å². The third-order valence-electron chi connectivity index (χ3n) is 5.17. The predicted octanol–water partition coefficient (Wildman–Crippen LogP) is 1.95. The molecule has 1 N–H and O–H groups in total. The summed E-state index contributed by atoms with van der Waals surface area (Å²) in [5, 5.41) is 7.25. The maximum absolute atomic E-state index is 14.3. The monoisotopic (exact) mass is 406 g/mol. The Bertz CT molecular complexity index is 783. The molecule has 0 saturated carbocycles. The molecule has 0 aliphatic carbocycles. The third-order valence-corrected chi connectivity index (χ3v) is 5.17. The zero-order valence-electron chi connectivity index (χ0n) is 17.1. The van der Waals surface area contributed by atoms with Crippen LogP contribution in [0.2, 0.25) is 0 Å². The van der Waals surface area contributed by atoms with Crippen molar-refractivity contribution >= 4 is 5.96 Å². The average Bonchev–Trinajstić information content (AvgIpc) is 3.20. The zero-order chi connectivity index (χ0) is 20.8. The second-order valence-electron chi connectivity index (χ2n) is 7.30. The van der Waals surface area contributed by atoms with Gasteiger partial charge in [0.2, 0.25) is 0 Å². The SMILES string of the molecule is CN=C(NCC(c1c(F)cccc1F)N(C)C)N1CCN(Cc2ccon2)CC1. The van der Waals surface area contributed by atoms with Gasteiger partial charge in [-0.2, -0.15) is 0 Å². The van der Waals surface area contributed by atoms with Gasteiger partial charge in [0.25, 0.3) is 0 Å². The number of halogens is 2. The molecule has 1 saturated heterocycles. The van der Waals surface area contributed by atoms with E-state index in [-0.39, 0.29) is 5.56 Å². The molecule has 1 fully saturated rings. The molecule has 1 aliphatic rings. The van der Waals surface area contributed by atoms with Crippen LogP contribution in [0.3, 0.4) is 0 Å². The highest BCUT2D eigenvalue weighted by atomic mass is 19.1. The van der Waals surface area contributed by atoms with E-state index in [0.29, 0.717) is 6.54 Å². The van der Waals surface area contributed by atoms with Crippen molar-refractivity contribution in [3.63, 3.8) is 0 Å². The van der Waals surface area contributed by atoms with Crippen molar-refractivity contribution < 1.29 is 13.3 Å². The molecule has 1 aliphatic heterocycles. The molecule has 0 amide bonds. The molecule has 1 unspecified atom stereocenters. The lowest BCUT2D eigenvalue weighted by atomic mass is 10.0. The number of benzene rings is 1. The quantitative estimate of drug-likeness (QED) is 0.585. The number of guanidine groups is 1. The minimum atomic E-state index is -0.540. The van der Waals surface area contributed by atoms with Crippen molar-refractivity contribution in [1.82, 2.24) is 25.2 Å². The molecule has 1 atom stereocenters. The second kappa shape index (κ2) is 9.80. The van der Waals surface area contributed by atoms with Gasteiger partial charge in [-0.1, -0.05) is 11.2 Å². The van der Waals surface area contributed by atoms with E-state index in [1.165, 1.54) is 18.2 Å².